The van der Waals surface area contributed by atoms with Gasteiger partial charge in [0.2, 0.25) is 5.95 Å². The van der Waals surface area contributed by atoms with Crippen molar-refractivity contribution in [3.05, 3.63) is 35.6 Å². The lowest BCUT2D eigenvalue weighted by Gasteiger charge is -2.09. The van der Waals surface area contributed by atoms with Gasteiger partial charge in [-0.1, -0.05) is 11.6 Å². The van der Waals surface area contributed by atoms with Crippen LogP contribution in [0.1, 0.15) is 0 Å². The maximum atomic E-state index is 12.1. The van der Waals surface area contributed by atoms with Crippen molar-refractivity contribution in [2.45, 2.75) is 4.90 Å². The fraction of sp³-hybridized carbons (Fsp3) is 0.0909. The highest BCUT2D eigenvalue weighted by atomic mass is 35.5. The molecule has 0 saturated heterocycles. The minimum atomic E-state index is -3.80. The topological polar surface area (TPSA) is 107 Å². The first-order chi connectivity index (χ1) is 9.42. The first kappa shape index (κ1) is 14.4. The Bertz CT molecular complexity index is 719. The number of rotatable bonds is 4. The Morgan fingerprint density at radius 1 is 1.30 bits per heavy atom. The van der Waals surface area contributed by atoms with Gasteiger partial charge in [0.25, 0.3) is 10.0 Å². The molecule has 0 aliphatic rings. The summed E-state index contributed by atoms with van der Waals surface area (Å²) in [5.74, 6) is 0.446. The van der Waals surface area contributed by atoms with Gasteiger partial charge in [0.15, 0.2) is 0 Å². The number of aromatic nitrogens is 2. The fourth-order valence-electron chi connectivity index (χ4n) is 1.41. The lowest BCUT2D eigenvalue weighted by molar-refractivity contribution is 0.415. The second kappa shape index (κ2) is 5.51. The molecule has 0 fully saturated rings. The first-order valence-electron chi connectivity index (χ1n) is 5.36. The summed E-state index contributed by atoms with van der Waals surface area (Å²) in [6.45, 7) is 0. The molecule has 106 valence electrons. The van der Waals surface area contributed by atoms with Crippen LogP contribution >= 0.6 is 11.6 Å². The second-order valence-corrected chi connectivity index (χ2v) is 5.82. The summed E-state index contributed by atoms with van der Waals surface area (Å²) >= 11 is 5.92. The summed E-state index contributed by atoms with van der Waals surface area (Å²) < 4.78 is 31.5. The van der Waals surface area contributed by atoms with Crippen LogP contribution in [0.25, 0.3) is 0 Å². The van der Waals surface area contributed by atoms with Gasteiger partial charge in [0, 0.05) is 0 Å². The predicted molar refractivity (Wildman–Crippen MR) is 75.3 cm³/mol. The van der Waals surface area contributed by atoms with E-state index < -0.39 is 10.0 Å². The van der Waals surface area contributed by atoms with Crippen LogP contribution in [0.3, 0.4) is 0 Å². The van der Waals surface area contributed by atoms with E-state index in [0.29, 0.717) is 16.5 Å². The molecule has 0 radical (unpaired) electrons. The molecule has 0 bridgehead atoms. The van der Waals surface area contributed by atoms with Crippen molar-refractivity contribution in [3.63, 3.8) is 0 Å². The summed E-state index contributed by atoms with van der Waals surface area (Å²) in [5, 5.41) is 0.293. The summed E-state index contributed by atoms with van der Waals surface area (Å²) in [6.07, 6.45) is 2.24. The third-order valence-corrected chi connectivity index (χ3v) is 3.99. The van der Waals surface area contributed by atoms with Gasteiger partial charge < -0.3 is 10.5 Å². The Balaban J connectivity index is 2.28. The summed E-state index contributed by atoms with van der Waals surface area (Å²) in [4.78, 5) is 7.17. The molecule has 2 aromatic rings. The summed E-state index contributed by atoms with van der Waals surface area (Å²) in [6, 6.07) is 4.52. The van der Waals surface area contributed by atoms with Crippen LogP contribution in [0.2, 0.25) is 5.02 Å². The average molecular weight is 315 g/mol. The van der Waals surface area contributed by atoms with E-state index in [1.165, 1.54) is 19.2 Å². The Morgan fingerprint density at radius 2 is 1.95 bits per heavy atom. The van der Waals surface area contributed by atoms with E-state index in [1.807, 2.05) is 0 Å². The molecule has 9 heteroatoms. The number of halogens is 1. The van der Waals surface area contributed by atoms with E-state index in [1.54, 1.807) is 6.07 Å². The average Bonchev–Trinajstić information content (AvgIpc) is 2.39. The van der Waals surface area contributed by atoms with Gasteiger partial charge in [-0.25, -0.2) is 18.4 Å². The number of hydrogen-bond donors (Lipinski definition) is 2. The van der Waals surface area contributed by atoms with Gasteiger partial charge in [0.05, 0.1) is 30.2 Å². The van der Waals surface area contributed by atoms with Crippen LogP contribution in [0.15, 0.2) is 35.5 Å². The van der Waals surface area contributed by atoms with Crippen molar-refractivity contribution >= 4 is 33.3 Å². The second-order valence-electron chi connectivity index (χ2n) is 3.73. The van der Waals surface area contributed by atoms with Crippen LogP contribution in [0.5, 0.6) is 5.75 Å². The van der Waals surface area contributed by atoms with Crippen molar-refractivity contribution in [2.75, 3.05) is 17.6 Å². The van der Waals surface area contributed by atoms with E-state index in [-0.39, 0.29) is 10.8 Å². The van der Waals surface area contributed by atoms with Gasteiger partial charge in [-0.2, -0.15) is 0 Å². The molecule has 20 heavy (non-hydrogen) atoms. The Kier molecular flexibility index (Phi) is 3.96. The highest BCUT2D eigenvalue weighted by Gasteiger charge is 2.16. The van der Waals surface area contributed by atoms with Crippen molar-refractivity contribution < 1.29 is 13.2 Å². The largest absolute Gasteiger partial charge is 0.495 e. The van der Waals surface area contributed by atoms with E-state index in [2.05, 4.69) is 14.7 Å². The van der Waals surface area contributed by atoms with Crippen molar-refractivity contribution in [1.82, 2.24) is 9.97 Å². The molecule has 0 spiro atoms. The number of nitrogens with one attached hydrogen (secondary N) is 1. The molecule has 3 N–H and O–H groups in total. The zero-order chi connectivity index (χ0) is 14.8. The van der Waals surface area contributed by atoms with Crippen LogP contribution in [0.4, 0.5) is 11.6 Å². The molecule has 1 aromatic carbocycles. The third kappa shape index (κ3) is 3.09. The molecule has 0 saturated carbocycles. The van der Waals surface area contributed by atoms with Crippen LogP contribution in [-0.2, 0) is 10.0 Å². The normalized spacial score (nSPS) is 11.1. The molecule has 0 aliphatic heterocycles. The molecule has 0 atom stereocenters. The summed E-state index contributed by atoms with van der Waals surface area (Å²) in [7, 11) is -2.33. The molecule has 2 rings (SSSR count). The minimum absolute atomic E-state index is 0.00329. The number of nitrogens with two attached hydrogens (primary N) is 1. The number of anilines is 2. The number of nitrogens with zero attached hydrogens (tertiary/aromatic N) is 2. The van der Waals surface area contributed by atoms with Crippen LogP contribution < -0.4 is 15.2 Å². The minimum Gasteiger partial charge on any atom is -0.495 e. The lowest BCUT2D eigenvalue weighted by atomic mass is 10.3. The number of nitrogen functional groups attached to an aromatic ring is 1. The number of sulfonamides is 1. The zero-order valence-electron chi connectivity index (χ0n) is 10.4. The maximum Gasteiger partial charge on any atom is 0.264 e. The third-order valence-electron chi connectivity index (χ3n) is 2.36. The number of benzene rings is 1. The number of ether oxygens (including phenoxy) is 1. The van der Waals surface area contributed by atoms with Crippen LogP contribution in [-0.4, -0.2) is 25.5 Å². The molecule has 0 unspecified atom stereocenters. The van der Waals surface area contributed by atoms with E-state index in [9.17, 15) is 8.42 Å². The van der Waals surface area contributed by atoms with Crippen molar-refractivity contribution in [3.8, 4) is 5.75 Å². The smallest absolute Gasteiger partial charge is 0.264 e. The maximum absolute atomic E-state index is 12.1. The van der Waals surface area contributed by atoms with Gasteiger partial charge in [0.1, 0.15) is 10.6 Å². The molecule has 0 amide bonds. The van der Waals surface area contributed by atoms with Gasteiger partial charge >= 0.3 is 0 Å². The fourth-order valence-corrected chi connectivity index (χ4v) is 2.60. The molecular weight excluding hydrogens is 304 g/mol. The SMILES string of the molecule is COc1ccc(NS(=O)(=O)c2cnc(N)nc2)cc1Cl. The molecule has 0 aliphatic carbocycles. The highest BCUT2D eigenvalue weighted by Crippen LogP contribution is 2.28. The molecular formula is C11H11ClN4O3S. The van der Waals surface area contributed by atoms with Crippen molar-refractivity contribution in [2.24, 2.45) is 0 Å². The van der Waals surface area contributed by atoms with Crippen molar-refractivity contribution in [1.29, 1.82) is 0 Å². The zero-order valence-corrected chi connectivity index (χ0v) is 11.9. The molecule has 1 aromatic heterocycles. The first-order valence-corrected chi connectivity index (χ1v) is 7.22. The Labute approximate surface area is 120 Å². The highest BCUT2D eigenvalue weighted by molar-refractivity contribution is 7.92. The standard InChI is InChI=1S/C11H11ClN4O3S/c1-19-10-3-2-7(4-9(10)12)16-20(17,18)8-5-14-11(13)15-6-8/h2-6,16H,1H3,(H2,13,14,15). The molecule has 7 nitrogen and oxygen atoms in total. The quantitative estimate of drug-likeness (QED) is 0.886. The van der Waals surface area contributed by atoms with Crippen LogP contribution in [0, 0.1) is 0 Å². The number of hydrogen-bond acceptors (Lipinski definition) is 6. The van der Waals surface area contributed by atoms with Gasteiger partial charge in [-0.3, -0.25) is 4.72 Å². The van der Waals surface area contributed by atoms with E-state index in [4.69, 9.17) is 22.1 Å². The monoisotopic (exact) mass is 314 g/mol. The van der Waals surface area contributed by atoms with E-state index >= 15 is 0 Å². The lowest BCUT2D eigenvalue weighted by Crippen LogP contribution is -2.14. The van der Waals surface area contributed by atoms with Gasteiger partial charge in [-0.05, 0) is 18.2 Å². The predicted octanol–water partition coefficient (Wildman–Crippen LogP) is 1.52. The Morgan fingerprint density at radius 3 is 2.50 bits per heavy atom. The number of methoxy groups -OCH3 is 1. The molecule has 1 heterocycles. The van der Waals surface area contributed by atoms with Gasteiger partial charge in [-0.15, -0.1) is 0 Å². The van der Waals surface area contributed by atoms with E-state index in [0.717, 1.165) is 12.4 Å². The Hall–Kier alpha value is -2.06. The summed E-state index contributed by atoms with van der Waals surface area (Å²) in [5.41, 5.74) is 5.60.